The van der Waals surface area contributed by atoms with E-state index in [0.717, 1.165) is 5.56 Å². The quantitative estimate of drug-likeness (QED) is 0.814. The van der Waals surface area contributed by atoms with Gasteiger partial charge in [-0.3, -0.25) is 4.79 Å². The van der Waals surface area contributed by atoms with Crippen molar-refractivity contribution in [3.05, 3.63) is 52.4 Å². The van der Waals surface area contributed by atoms with Gasteiger partial charge in [0, 0.05) is 24.0 Å². The number of carbonyl (C=O) groups is 1. The smallest absolute Gasteiger partial charge is 0.252 e. The summed E-state index contributed by atoms with van der Waals surface area (Å²) in [6, 6.07) is 10.6. The lowest BCUT2D eigenvalue weighted by Gasteiger charge is -2.30. The molecule has 1 aromatic carbocycles. The summed E-state index contributed by atoms with van der Waals surface area (Å²) in [4.78, 5) is 12.5. The average molecular weight is 413 g/mol. The first-order valence-corrected chi connectivity index (χ1v) is 11.2. The number of thiophene rings is 1. The number of rotatable bonds is 5. The van der Waals surface area contributed by atoms with Gasteiger partial charge in [0.05, 0.1) is 6.04 Å². The third-order valence-electron chi connectivity index (χ3n) is 4.64. The Kier molecular flexibility index (Phi) is 6.02. The molecule has 1 saturated heterocycles. The molecule has 1 aliphatic heterocycles. The van der Waals surface area contributed by atoms with Gasteiger partial charge in [0.2, 0.25) is 5.91 Å². The molecule has 0 aliphatic carbocycles. The molecule has 1 amide bonds. The van der Waals surface area contributed by atoms with Crippen molar-refractivity contribution in [3.63, 3.8) is 0 Å². The Hall–Kier alpha value is -1.41. The first-order chi connectivity index (χ1) is 12.4. The van der Waals surface area contributed by atoms with Crippen molar-refractivity contribution in [3.8, 4) is 0 Å². The zero-order chi connectivity index (χ0) is 18.7. The lowest BCUT2D eigenvalue weighted by molar-refractivity contribution is -0.126. The molecule has 3 rings (SSSR count). The van der Waals surface area contributed by atoms with Gasteiger partial charge in [-0.05, 0) is 48.9 Å². The van der Waals surface area contributed by atoms with Crippen molar-refractivity contribution in [2.45, 2.75) is 30.0 Å². The van der Waals surface area contributed by atoms with Crippen LogP contribution in [0.25, 0.3) is 0 Å². The molecule has 0 saturated carbocycles. The highest BCUT2D eigenvalue weighted by Gasteiger charge is 2.32. The topological polar surface area (TPSA) is 66.5 Å². The van der Waals surface area contributed by atoms with Crippen molar-refractivity contribution < 1.29 is 13.2 Å². The molecule has 8 heteroatoms. The zero-order valence-corrected chi connectivity index (χ0v) is 16.8. The molecule has 1 atom stereocenters. The number of piperidine rings is 1. The largest absolute Gasteiger partial charge is 0.349 e. The van der Waals surface area contributed by atoms with Crippen LogP contribution in [0.4, 0.5) is 0 Å². The van der Waals surface area contributed by atoms with Gasteiger partial charge in [0.25, 0.3) is 10.0 Å². The van der Waals surface area contributed by atoms with E-state index in [1.165, 1.54) is 15.6 Å². The zero-order valence-electron chi connectivity index (χ0n) is 14.4. The lowest BCUT2D eigenvalue weighted by atomic mass is 9.96. The monoisotopic (exact) mass is 412 g/mol. The molecular formula is C18H21ClN2O3S2. The summed E-state index contributed by atoms with van der Waals surface area (Å²) in [6.45, 7) is 2.67. The molecule has 1 fully saturated rings. The van der Waals surface area contributed by atoms with Gasteiger partial charge in [-0.1, -0.05) is 29.8 Å². The fourth-order valence-electron chi connectivity index (χ4n) is 3.06. The molecule has 0 radical (unpaired) electrons. The Morgan fingerprint density at radius 3 is 2.46 bits per heavy atom. The molecule has 1 aliphatic rings. The highest BCUT2D eigenvalue weighted by molar-refractivity contribution is 7.91. The van der Waals surface area contributed by atoms with Gasteiger partial charge >= 0.3 is 0 Å². The first kappa shape index (κ1) is 19.4. The number of carbonyl (C=O) groups excluding carboxylic acids is 1. The van der Waals surface area contributed by atoms with Crippen LogP contribution in [0.5, 0.6) is 0 Å². The van der Waals surface area contributed by atoms with Gasteiger partial charge < -0.3 is 5.32 Å². The molecule has 1 N–H and O–H groups in total. The second-order valence-electron chi connectivity index (χ2n) is 6.39. The molecule has 0 unspecified atom stereocenters. The SMILES string of the molecule is C[C@@H](NC(=O)C1CCN(S(=O)(=O)c2cccs2)CC1)c1ccc(Cl)cc1. The van der Waals surface area contributed by atoms with Crippen LogP contribution in [0.2, 0.25) is 5.02 Å². The van der Waals surface area contributed by atoms with Crippen molar-refractivity contribution in [2.24, 2.45) is 5.92 Å². The van der Waals surface area contributed by atoms with Crippen LogP contribution in [0.1, 0.15) is 31.4 Å². The van der Waals surface area contributed by atoms with Crippen LogP contribution < -0.4 is 5.32 Å². The first-order valence-electron chi connectivity index (χ1n) is 8.47. The van der Waals surface area contributed by atoms with E-state index in [9.17, 15) is 13.2 Å². The predicted octanol–water partition coefficient (Wildman–Crippen LogP) is 3.68. The van der Waals surface area contributed by atoms with Gasteiger partial charge in [-0.2, -0.15) is 4.31 Å². The Bertz CT molecular complexity index is 843. The lowest BCUT2D eigenvalue weighted by Crippen LogP contribution is -2.43. The molecule has 140 valence electrons. The minimum absolute atomic E-state index is 0.0272. The standard InChI is InChI=1S/C18H21ClN2O3S2/c1-13(14-4-6-16(19)7-5-14)20-18(22)15-8-10-21(11-9-15)26(23,24)17-3-2-12-25-17/h2-7,12-13,15H,8-11H2,1H3,(H,20,22)/t13-/m1/s1. The summed E-state index contributed by atoms with van der Waals surface area (Å²) in [5.41, 5.74) is 0.987. The van der Waals surface area contributed by atoms with E-state index in [0.29, 0.717) is 35.2 Å². The third-order valence-corrected chi connectivity index (χ3v) is 8.17. The predicted molar refractivity (Wildman–Crippen MR) is 104 cm³/mol. The highest BCUT2D eigenvalue weighted by Crippen LogP contribution is 2.27. The van der Waals surface area contributed by atoms with Crippen molar-refractivity contribution >= 4 is 38.9 Å². The number of hydrogen-bond donors (Lipinski definition) is 1. The van der Waals surface area contributed by atoms with E-state index < -0.39 is 10.0 Å². The summed E-state index contributed by atoms with van der Waals surface area (Å²) in [6.07, 6.45) is 1.06. The summed E-state index contributed by atoms with van der Waals surface area (Å²) >= 11 is 7.11. The van der Waals surface area contributed by atoms with Crippen LogP contribution in [0, 0.1) is 5.92 Å². The van der Waals surface area contributed by atoms with E-state index in [-0.39, 0.29) is 17.9 Å². The second kappa shape index (κ2) is 8.08. The van der Waals surface area contributed by atoms with Gasteiger partial charge in [-0.15, -0.1) is 11.3 Å². The number of nitrogens with zero attached hydrogens (tertiary/aromatic N) is 1. The maximum atomic E-state index is 12.5. The third kappa shape index (κ3) is 4.28. The number of benzene rings is 1. The molecular weight excluding hydrogens is 392 g/mol. The summed E-state index contributed by atoms with van der Waals surface area (Å²) in [5, 5.41) is 5.43. The van der Waals surface area contributed by atoms with E-state index >= 15 is 0 Å². The van der Waals surface area contributed by atoms with E-state index in [1.54, 1.807) is 29.6 Å². The highest BCUT2D eigenvalue weighted by atomic mass is 35.5. The van der Waals surface area contributed by atoms with Crippen LogP contribution in [0.15, 0.2) is 46.0 Å². The number of sulfonamides is 1. The fourth-order valence-corrected chi connectivity index (χ4v) is 5.80. The van der Waals surface area contributed by atoms with Crippen molar-refractivity contribution in [1.82, 2.24) is 9.62 Å². The van der Waals surface area contributed by atoms with E-state index in [4.69, 9.17) is 11.6 Å². The van der Waals surface area contributed by atoms with Gasteiger partial charge in [0.15, 0.2) is 0 Å². The number of nitrogens with one attached hydrogen (secondary N) is 1. The van der Waals surface area contributed by atoms with E-state index in [2.05, 4.69) is 5.32 Å². The van der Waals surface area contributed by atoms with Crippen LogP contribution >= 0.6 is 22.9 Å². The van der Waals surface area contributed by atoms with Crippen molar-refractivity contribution in [2.75, 3.05) is 13.1 Å². The number of amides is 1. The summed E-state index contributed by atoms with van der Waals surface area (Å²) in [5.74, 6) is -0.194. The van der Waals surface area contributed by atoms with Crippen LogP contribution in [-0.2, 0) is 14.8 Å². The van der Waals surface area contributed by atoms with Crippen LogP contribution in [0.3, 0.4) is 0 Å². The molecule has 26 heavy (non-hydrogen) atoms. The maximum Gasteiger partial charge on any atom is 0.252 e. The minimum atomic E-state index is -3.43. The summed E-state index contributed by atoms with van der Waals surface area (Å²) in [7, 11) is -3.43. The minimum Gasteiger partial charge on any atom is -0.349 e. The van der Waals surface area contributed by atoms with Gasteiger partial charge in [-0.25, -0.2) is 8.42 Å². The number of halogens is 1. The fraction of sp³-hybridized carbons (Fsp3) is 0.389. The Labute approximate surface area is 163 Å². The normalized spacial score (nSPS) is 17.8. The van der Waals surface area contributed by atoms with Crippen molar-refractivity contribution in [1.29, 1.82) is 0 Å². The Morgan fingerprint density at radius 2 is 1.88 bits per heavy atom. The number of hydrogen-bond acceptors (Lipinski definition) is 4. The average Bonchev–Trinajstić information content (AvgIpc) is 3.18. The molecule has 2 heterocycles. The Morgan fingerprint density at radius 1 is 1.23 bits per heavy atom. The maximum absolute atomic E-state index is 12.5. The Balaban J connectivity index is 1.56. The summed E-state index contributed by atoms with van der Waals surface area (Å²) < 4.78 is 26.9. The van der Waals surface area contributed by atoms with E-state index in [1.807, 2.05) is 19.1 Å². The molecule has 0 spiro atoms. The molecule has 0 bridgehead atoms. The second-order valence-corrected chi connectivity index (χ2v) is 9.94. The molecule has 2 aromatic rings. The molecule has 1 aromatic heterocycles. The van der Waals surface area contributed by atoms with Gasteiger partial charge in [0.1, 0.15) is 4.21 Å². The van der Waals surface area contributed by atoms with Crippen LogP contribution in [-0.4, -0.2) is 31.7 Å². The molecule has 5 nitrogen and oxygen atoms in total.